The van der Waals surface area contributed by atoms with Crippen molar-refractivity contribution in [2.45, 2.75) is 37.8 Å². The summed E-state index contributed by atoms with van der Waals surface area (Å²) in [4.78, 5) is 27.3. The Morgan fingerprint density at radius 2 is 2.03 bits per heavy atom. The molecule has 2 aliphatic heterocycles. The summed E-state index contributed by atoms with van der Waals surface area (Å²) in [7, 11) is -3.71. The van der Waals surface area contributed by atoms with Gasteiger partial charge >= 0.3 is 16.4 Å². The van der Waals surface area contributed by atoms with Gasteiger partial charge in [-0.15, -0.1) is 0 Å². The van der Waals surface area contributed by atoms with E-state index in [2.05, 4.69) is 9.50 Å². The van der Waals surface area contributed by atoms with Crippen LogP contribution in [0.3, 0.4) is 0 Å². The van der Waals surface area contributed by atoms with Crippen molar-refractivity contribution in [2.24, 2.45) is 5.92 Å². The number of ether oxygens (including phenoxy) is 1. The van der Waals surface area contributed by atoms with E-state index < -0.39 is 33.2 Å². The molecule has 0 spiro atoms. The second-order valence-electron chi connectivity index (χ2n) is 8.81. The van der Waals surface area contributed by atoms with Crippen molar-refractivity contribution in [1.82, 2.24) is 9.88 Å². The van der Waals surface area contributed by atoms with Crippen molar-refractivity contribution >= 4 is 33.0 Å². The van der Waals surface area contributed by atoms with Crippen LogP contribution >= 0.6 is 0 Å². The average Bonchev–Trinajstić information content (AvgIpc) is 3.50. The zero-order valence-corrected chi connectivity index (χ0v) is 18.7. The standard InChI is InChI=1S/C21H24FN3O7S/c1-31-20-17-13(7-15(22)18(20)24-8-11-3-2-6-23-16(11)10-24)19(26)14(9-25(17)12-4-5-12)21(27)32-33(28,29)30/h7,9,11-12,16,23H,2-6,8,10H2,1H3,(H,28,29,30)/t11-,16+/m1/s1. The summed E-state index contributed by atoms with van der Waals surface area (Å²) < 4.78 is 57.6. The van der Waals surface area contributed by atoms with Crippen LogP contribution in [-0.2, 0) is 14.6 Å². The number of carbonyl (C=O) groups excluding carboxylic acids is 1. The number of nitrogens with one attached hydrogen (secondary N) is 1. The summed E-state index contributed by atoms with van der Waals surface area (Å²) in [6.07, 6.45) is 4.84. The van der Waals surface area contributed by atoms with Crippen molar-refractivity contribution < 1.29 is 31.1 Å². The minimum atomic E-state index is -5.12. The largest absolute Gasteiger partial charge is 0.492 e. The highest BCUT2D eigenvalue weighted by Crippen LogP contribution is 2.45. The van der Waals surface area contributed by atoms with Crippen molar-refractivity contribution in [3.8, 4) is 5.75 Å². The Morgan fingerprint density at radius 1 is 1.27 bits per heavy atom. The van der Waals surface area contributed by atoms with Crippen molar-refractivity contribution in [1.29, 1.82) is 0 Å². The summed E-state index contributed by atoms with van der Waals surface area (Å²) in [6, 6.07) is 1.25. The molecule has 3 fully saturated rings. The molecule has 1 aliphatic carbocycles. The number of benzene rings is 1. The van der Waals surface area contributed by atoms with Crippen LogP contribution in [-0.4, -0.2) is 56.3 Å². The van der Waals surface area contributed by atoms with E-state index in [9.17, 15) is 18.0 Å². The van der Waals surface area contributed by atoms with E-state index in [0.29, 0.717) is 24.5 Å². The van der Waals surface area contributed by atoms with E-state index in [0.717, 1.165) is 38.3 Å². The fourth-order valence-corrected chi connectivity index (χ4v) is 5.37. The maximum atomic E-state index is 15.5. The number of rotatable bonds is 5. The van der Waals surface area contributed by atoms with E-state index in [4.69, 9.17) is 9.29 Å². The molecule has 12 heteroatoms. The third-order valence-electron chi connectivity index (χ3n) is 6.66. The third kappa shape index (κ3) is 3.96. The Bertz CT molecular complexity index is 1290. The number of fused-ring (bicyclic) bond motifs is 2. The quantitative estimate of drug-likeness (QED) is 0.613. The smallest absolute Gasteiger partial charge is 0.449 e. The Kier molecular flexibility index (Phi) is 5.33. The molecule has 2 atom stereocenters. The number of piperidine rings is 1. The molecule has 1 aromatic carbocycles. The number of hydrogen-bond acceptors (Lipinski definition) is 8. The lowest BCUT2D eigenvalue weighted by Crippen LogP contribution is -2.40. The lowest BCUT2D eigenvalue weighted by atomic mass is 9.94. The predicted molar refractivity (Wildman–Crippen MR) is 117 cm³/mol. The molecule has 0 unspecified atom stereocenters. The first-order valence-electron chi connectivity index (χ1n) is 10.8. The van der Waals surface area contributed by atoms with Gasteiger partial charge < -0.3 is 23.7 Å². The van der Waals surface area contributed by atoms with Gasteiger partial charge in [0.05, 0.1) is 18.0 Å². The predicted octanol–water partition coefficient (Wildman–Crippen LogP) is 1.63. The molecular formula is C21H24FN3O7S. The number of aromatic nitrogens is 1. The number of hydrogen-bond donors (Lipinski definition) is 2. The fraction of sp³-hybridized carbons (Fsp3) is 0.524. The zero-order valence-electron chi connectivity index (χ0n) is 17.9. The minimum absolute atomic E-state index is 0.0691. The summed E-state index contributed by atoms with van der Waals surface area (Å²) >= 11 is 0. The van der Waals surface area contributed by atoms with Gasteiger partial charge in [-0.1, -0.05) is 0 Å². The molecule has 1 aromatic heterocycles. The molecule has 3 heterocycles. The van der Waals surface area contributed by atoms with E-state index in [-0.39, 0.29) is 28.9 Å². The van der Waals surface area contributed by atoms with Crippen LogP contribution in [0.5, 0.6) is 5.75 Å². The maximum Gasteiger partial charge on any atom is 0.449 e. The normalized spacial score (nSPS) is 22.9. The summed E-state index contributed by atoms with van der Waals surface area (Å²) in [6.45, 7) is 2.19. The van der Waals surface area contributed by atoms with Gasteiger partial charge in [-0.2, -0.15) is 8.42 Å². The van der Waals surface area contributed by atoms with Crippen LogP contribution in [0.1, 0.15) is 42.1 Å². The van der Waals surface area contributed by atoms with Crippen LogP contribution in [0.2, 0.25) is 0 Å². The van der Waals surface area contributed by atoms with Crippen molar-refractivity contribution in [2.75, 3.05) is 31.6 Å². The average molecular weight is 482 g/mol. The van der Waals surface area contributed by atoms with Crippen molar-refractivity contribution in [3.05, 3.63) is 33.9 Å². The van der Waals surface area contributed by atoms with Gasteiger partial charge in [0.25, 0.3) is 0 Å². The highest BCUT2D eigenvalue weighted by Gasteiger charge is 2.38. The fourth-order valence-electron chi connectivity index (χ4n) is 5.09. The first kappa shape index (κ1) is 22.1. The third-order valence-corrected chi connectivity index (χ3v) is 7.02. The molecule has 2 saturated heterocycles. The second-order valence-corrected chi connectivity index (χ2v) is 9.84. The zero-order chi connectivity index (χ0) is 23.5. The highest BCUT2D eigenvalue weighted by molar-refractivity contribution is 7.81. The lowest BCUT2D eigenvalue weighted by molar-refractivity contribution is 0.0725. The second kappa shape index (κ2) is 7.96. The summed E-state index contributed by atoms with van der Waals surface area (Å²) in [5.41, 5.74) is -0.912. The topological polar surface area (TPSA) is 127 Å². The van der Waals surface area contributed by atoms with Crippen molar-refractivity contribution in [3.63, 3.8) is 0 Å². The first-order chi connectivity index (χ1) is 15.7. The SMILES string of the molecule is COc1c(N2C[C@H]3CCCN[C@H]3C2)c(F)cc2c(=O)c(C(=O)OS(=O)(=O)O)cn(C3CC3)c12. The van der Waals surface area contributed by atoms with E-state index in [1.54, 1.807) is 4.57 Å². The Balaban J connectivity index is 1.69. The molecule has 5 rings (SSSR count). The number of methoxy groups -OCH3 is 1. The molecule has 33 heavy (non-hydrogen) atoms. The van der Waals surface area contributed by atoms with Crippen LogP contribution in [0.4, 0.5) is 10.1 Å². The number of pyridine rings is 1. The Hall–Kier alpha value is -2.70. The molecule has 3 aliphatic rings. The van der Waals surface area contributed by atoms with E-state index >= 15 is 4.39 Å². The maximum absolute atomic E-state index is 15.5. The molecule has 178 valence electrons. The molecule has 0 bridgehead atoms. The van der Waals surface area contributed by atoms with Gasteiger partial charge in [0, 0.05) is 31.4 Å². The lowest BCUT2D eigenvalue weighted by Gasteiger charge is -2.25. The molecule has 10 nitrogen and oxygen atoms in total. The van der Waals surface area contributed by atoms with Gasteiger partial charge in [-0.25, -0.2) is 9.18 Å². The number of carbonyl (C=O) groups is 1. The number of halogens is 1. The van der Waals surface area contributed by atoms with Gasteiger partial charge in [0.2, 0.25) is 5.43 Å². The molecule has 2 aromatic rings. The van der Waals surface area contributed by atoms with Gasteiger partial charge in [0.15, 0.2) is 11.6 Å². The minimum Gasteiger partial charge on any atom is -0.492 e. The highest BCUT2D eigenvalue weighted by atomic mass is 32.3. The van der Waals surface area contributed by atoms with Gasteiger partial charge in [0.1, 0.15) is 11.3 Å². The van der Waals surface area contributed by atoms with Crippen LogP contribution < -0.4 is 20.4 Å². The Morgan fingerprint density at radius 3 is 2.67 bits per heavy atom. The molecule has 0 amide bonds. The Labute approximate surface area is 189 Å². The van der Waals surface area contributed by atoms with E-state index in [1.165, 1.54) is 13.3 Å². The van der Waals surface area contributed by atoms with E-state index in [1.807, 2.05) is 4.90 Å². The van der Waals surface area contributed by atoms with Crippen LogP contribution in [0.15, 0.2) is 17.1 Å². The van der Waals surface area contributed by atoms with Crippen LogP contribution in [0.25, 0.3) is 10.9 Å². The molecule has 2 N–H and O–H groups in total. The number of anilines is 1. The van der Waals surface area contributed by atoms with Crippen LogP contribution in [0, 0.1) is 11.7 Å². The summed E-state index contributed by atoms with van der Waals surface area (Å²) in [5.74, 6) is -1.61. The van der Waals surface area contributed by atoms with Gasteiger partial charge in [-0.05, 0) is 44.2 Å². The monoisotopic (exact) mass is 481 g/mol. The molecule has 0 radical (unpaired) electrons. The molecular weight excluding hydrogens is 457 g/mol. The summed E-state index contributed by atoms with van der Waals surface area (Å²) in [5, 5.41) is 3.36. The first-order valence-corrected chi connectivity index (χ1v) is 12.2. The number of nitrogens with zero attached hydrogens (tertiary/aromatic N) is 2. The van der Waals surface area contributed by atoms with Gasteiger partial charge in [-0.3, -0.25) is 9.35 Å². The molecule has 1 saturated carbocycles.